The number of hydrogen-bond donors (Lipinski definition) is 1. The largest absolute Gasteiger partial charge is 0.352 e. The highest BCUT2D eigenvalue weighted by atomic mass is 79.9. The highest BCUT2D eigenvalue weighted by Gasteiger charge is 2.12. The van der Waals surface area contributed by atoms with Crippen molar-refractivity contribution in [3.8, 4) is 0 Å². The van der Waals surface area contributed by atoms with Crippen LogP contribution in [-0.4, -0.2) is 17.8 Å². The Morgan fingerprint density at radius 2 is 2.24 bits per heavy atom. The molecule has 1 amide bonds. The Labute approximate surface area is 116 Å². The molecule has 1 aromatic rings. The van der Waals surface area contributed by atoms with Gasteiger partial charge in [-0.1, -0.05) is 29.3 Å². The summed E-state index contributed by atoms with van der Waals surface area (Å²) in [5.41, 5.74) is 1.89. The number of hydrogen-bond acceptors (Lipinski definition) is 2. The van der Waals surface area contributed by atoms with Crippen molar-refractivity contribution in [2.45, 2.75) is 33.1 Å². The summed E-state index contributed by atoms with van der Waals surface area (Å²) in [6, 6.07) is 0. The minimum absolute atomic E-state index is 0.0689. The number of amides is 1. The molecular formula is C13H20BrNOS. The van der Waals surface area contributed by atoms with Crippen molar-refractivity contribution in [1.29, 1.82) is 0 Å². The minimum Gasteiger partial charge on any atom is -0.352 e. The molecule has 1 heterocycles. The maximum absolute atomic E-state index is 11.9. The molecule has 0 saturated heterocycles. The lowest BCUT2D eigenvalue weighted by atomic mass is 10.0. The maximum Gasteiger partial charge on any atom is 0.252 e. The Balaban J connectivity index is 2.43. The van der Waals surface area contributed by atoms with Crippen LogP contribution < -0.4 is 5.32 Å². The van der Waals surface area contributed by atoms with E-state index in [2.05, 4.69) is 28.2 Å². The van der Waals surface area contributed by atoms with E-state index in [1.807, 2.05) is 17.7 Å². The molecule has 1 rings (SSSR count). The number of rotatable bonds is 7. The van der Waals surface area contributed by atoms with Crippen molar-refractivity contribution in [1.82, 2.24) is 5.32 Å². The zero-order valence-electron chi connectivity index (χ0n) is 10.5. The quantitative estimate of drug-likeness (QED) is 0.757. The average molecular weight is 318 g/mol. The third kappa shape index (κ3) is 4.80. The molecule has 0 saturated carbocycles. The summed E-state index contributed by atoms with van der Waals surface area (Å²) in [5.74, 6) is 0.654. The van der Waals surface area contributed by atoms with Crippen LogP contribution in [0.3, 0.4) is 0 Å². The van der Waals surface area contributed by atoms with Gasteiger partial charge in [0.05, 0.1) is 5.56 Å². The molecule has 1 N–H and O–H groups in total. The minimum atomic E-state index is 0.0689. The summed E-state index contributed by atoms with van der Waals surface area (Å²) in [4.78, 5) is 11.9. The predicted octanol–water partition coefficient (Wildman–Crippen LogP) is 3.99. The van der Waals surface area contributed by atoms with E-state index in [1.165, 1.54) is 12.8 Å². The highest BCUT2D eigenvalue weighted by molar-refractivity contribution is 9.09. The van der Waals surface area contributed by atoms with Gasteiger partial charge in [-0.15, -0.1) is 0 Å². The number of aryl methyl sites for hydroxylation is 1. The van der Waals surface area contributed by atoms with Crippen molar-refractivity contribution in [3.05, 3.63) is 21.9 Å². The van der Waals surface area contributed by atoms with Crippen LogP contribution in [0.2, 0.25) is 0 Å². The SMILES string of the molecule is CCCC(CCBr)CNC(=O)c1cscc1C. The topological polar surface area (TPSA) is 29.1 Å². The Hall–Kier alpha value is -0.350. The average Bonchev–Trinajstić information content (AvgIpc) is 2.72. The van der Waals surface area contributed by atoms with Crippen LogP contribution in [-0.2, 0) is 0 Å². The van der Waals surface area contributed by atoms with E-state index >= 15 is 0 Å². The molecule has 0 fully saturated rings. The van der Waals surface area contributed by atoms with Gasteiger partial charge in [0.2, 0.25) is 0 Å². The molecule has 1 atom stereocenters. The molecule has 0 aromatic carbocycles. The van der Waals surface area contributed by atoms with E-state index in [9.17, 15) is 4.79 Å². The van der Waals surface area contributed by atoms with Crippen LogP contribution in [0.1, 0.15) is 42.1 Å². The van der Waals surface area contributed by atoms with Crippen LogP contribution in [0.4, 0.5) is 0 Å². The first-order valence-corrected chi connectivity index (χ1v) is 8.12. The van der Waals surface area contributed by atoms with Gasteiger partial charge in [-0.25, -0.2) is 0 Å². The summed E-state index contributed by atoms with van der Waals surface area (Å²) < 4.78 is 0. The summed E-state index contributed by atoms with van der Waals surface area (Å²) in [5, 5.41) is 7.98. The molecular weight excluding hydrogens is 298 g/mol. The van der Waals surface area contributed by atoms with Crippen molar-refractivity contribution in [2.24, 2.45) is 5.92 Å². The van der Waals surface area contributed by atoms with E-state index < -0.39 is 0 Å². The summed E-state index contributed by atoms with van der Waals surface area (Å²) in [7, 11) is 0. The van der Waals surface area contributed by atoms with Gasteiger partial charge < -0.3 is 5.32 Å². The molecule has 0 aliphatic rings. The second-order valence-electron chi connectivity index (χ2n) is 4.31. The van der Waals surface area contributed by atoms with Gasteiger partial charge in [-0.3, -0.25) is 4.79 Å². The lowest BCUT2D eigenvalue weighted by molar-refractivity contribution is 0.0946. The third-order valence-electron chi connectivity index (χ3n) is 2.87. The summed E-state index contributed by atoms with van der Waals surface area (Å²) in [6.45, 7) is 4.95. The van der Waals surface area contributed by atoms with E-state index in [0.29, 0.717) is 5.92 Å². The highest BCUT2D eigenvalue weighted by Crippen LogP contribution is 2.15. The van der Waals surface area contributed by atoms with E-state index in [0.717, 1.165) is 29.4 Å². The van der Waals surface area contributed by atoms with Gasteiger partial charge in [0.25, 0.3) is 5.91 Å². The molecule has 1 aromatic heterocycles. The molecule has 0 aliphatic heterocycles. The van der Waals surface area contributed by atoms with Crippen LogP contribution in [0.5, 0.6) is 0 Å². The Bertz CT molecular complexity index is 345. The van der Waals surface area contributed by atoms with Gasteiger partial charge in [-0.05, 0) is 36.6 Å². The molecule has 17 heavy (non-hydrogen) atoms. The van der Waals surface area contributed by atoms with Crippen LogP contribution in [0.15, 0.2) is 10.8 Å². The van der Waals surface area contributed by atoms with Crippen LogP contribution in [0, 0.1) is 12.8 Å². The molecule has 96 valence electrons. The monoisotopic (exact) mass is 317 g/mol. The van der Waals surface area contributed by atoms with E-state index in [-0.39, 0.29) is 5.91 Å². The summed E-state index contributed by atoms with van der Waals surface area (Å²) in [6.07, 6.45) is 3.47. The van der Waals surface area contributed by atoms with Gasteiger partial charge >= 0.3 is 0 Å². The molecule has 0 bridgehead atoms. The van der Waals surface area contributed by atoms with Gasteiger partial charge in [0.1, 0.15) is 0 Å². The molecule has 1 unspecified atom stereocenters. The predicted molar refractivity (Wildman–Crippen MR) is 78.2 cm³/mol. The maximum atomic E-state index is 11.9. The van der Waals surface area contributed by atoms with Gasteiger partial charge in [0.15, 0.2) is 0 Å². The molecule has 0 spiro atoms. The number of alkyl halides is 1. The molecule has 2 nitrogen and oxygen atoms in total. The van der Waals surface area contributed by atoms with E-state index in [4.69, 9.17) is 0 Å². The number of halogens is 1. The fourth-order valence-electron chi connectivity index (χ4n) is 1.84. The normalized spacial score (nSPS) is 12.4. The standard InChI is InChI=1S/C13H20BrNOS/c1-3-4-11(5-6-14)7-15-13(16)12-9-17-8-10(12)2/h8-9,11H,3-7H2,1-2H3,(H,15,16). The number of thiophene rings is 1. The second kappa shape index (κ2) is 7.88. The first-order chi connectivity index (χ1) is 8.19. The number of carbonyl (C=O) groups excluding carboxylic acids is 1. The summed E-state index contributed by atoms with van der Waals surface area (Å²) >= 11 is 5.05. The van der Waals surface area contributed by atoms with E-state index in [1.54, 1.807) is 11.3 Å². The smallest absolute Gasteiger partial charge is 0.252 e. The number of nitrogens with one attached hydrogen (secondary N) is 1. The fourth-order valence-corrected chi connectivity index (χ4v) is 3.31. The zero-order valence-corrected chi connectivity index (χ0v) is 12.9. The Morgan fingerprint density at radius 1 is 1.47 bits per heavy atom. The lowest BCUT2D eigenvalue weighted by Gasteiger charge is -2.15. The Kier molecular flexibility index (Phi) is 6.82. The number of carbonyl (C=O) groups is 1. The third-order valence-corrected chi connectivity index (χ3v) is 4.19. The Morgan fingerprint density at radius 3 is 2.76 bits per heavy atom. The zero-order chi connectivity index (χ0) is 12.7. The van der Waals surface area contributed by atoms with Crippen molar-refractivity contribution in [2.75, 3.05) is 11.9 Å². The first kappa shape index (κ1) is 14.7. The lowest BCUT2D eigenvalue weighted by Crippen LogP contribution is -2.29. The van der Waals surface area contributed by atoms with Crippen molar-refractivity contribution >= 4 is 33.2 Å². The van der Waals surface area contributed by atoms with Crippen molar-refractivity contribution in [3.63, 3.8) is 0 Å². The molecule has 0 radical (unpaired) electrons. The molecule has 4 heteroatoms. The first-order valence-electron chi connectivity index (χ1n) is 6.06. The fraction of sp³-hybridized carbons (Fsp3) is 0.615. The van der Waals surface area contributed by atoms with Gasteiger partial charge in [-0.2, -0.15) is 11.3 Å². The van der Waals surface area contributed by atoms with Crippen LogP contribution in [0.25, 0.3) is 0 Å². The van der Waals surface area contributed by atoms with Crippen LogP contribution >= 0.6 is 27.3 Å². The van der Waals surface area contributed by atoms with Crippen molar-refractivity contribution < 1.29 is 4.79 Å². The van der Waals surface area contributed by atoms with Gasteiger partial charge in [0, 0.05) is 17.3 Å². The second-order valence-corrected chi connectivity index (χ2v) is 5.85. The molecule has 0 aliphatic carbocycles.